The minimum Gasteiger partial charge on any atom is -0.341 e. The maximum Gasteiger partial charge on any atom is 0.225 e. The molecule has 0 atom stereocenters. The third-order valence-electron chi connectivity index (χ3n) is 3.42. The highest BCUT2D eigenvalue weighted by Gasteiger charge is 2.17. The Morgan fingerprint density at radius 2 is 1.71 bits per heavy atom. The van der Waals surface area contributed by atoms with Crippen molar-refractivity contribution in [1.29, 1.82) is 0 Å². The fourth-order valence-electron chi connectivity index (χ4n) is 2.39. The van der Waals surface area contributed by atoms with E-state index >= 15 is 0 Å². The second-order valence-corrected chi connectivity index (χ2v) is 4.72. The molecule has 0 saturated carbocycles. The first-order valence-electron chi connectivity index (χ1n) is 6.46. The first-order chi connectivity index (χ1) is 8.22. The quantitative estimate of drug-likeness (QED) is 0.856. The lowest BCUT2D eigenvalue weighted by Crippen LogP contribution is -2.22. The zero-order chi connectivity index (χ0) is 12.3. The van der Waals surface area contributed by atoms with Crippen LogP contribution in [-0.4, -0.2) is 36.6 Å². The number of aromatic nitrogens is 2. The van der Waals surface area contributed by atoms with Gasteiger partial charge >= 0.3 is 0 Å². The Hall–Kier alpha value is -1.16. The van der Waals surface area contributed by atoms with Gasteiger partial charge in [0.25, 0.3) is 0 Å². The SMILES string of the molecule is CNCCc1c(C)nc(N2CCCC2)nc1C. The third kappa shape index (κ3) is 2.75. The predicted octanol–water partition coefficient (Wildman–Crippen LogP) is 1.46. The maximum absolute atomic E-state index is 4.66. The molecule has 94 valence electrons. The lowest BCUT2D eigenvalue weighted by Gasteiger charge is -2.18. The van der Waals surface area contributed by atoms with Crippen molar-refractivity contribution in [2.24, 2.45) is 0 Å². The molecule has 4 heteroatoms. The number of nitrogens with zero attached hydrogens (tertiary/aromatic N) is 3. The van der Waals surface area contributed by atoms with Crippen LogP contribution in [0.4, 0.5) is 5.95 Å². The minimum absolute atomic E-state index is 0.922. The van der Waals surface area contributed by atoms with E-state index in [1.165, 1.54) is 18.4 Å². The Labute approximate surface area is 103 Å². The van der Waals surface area contributed by atoms with Crippen LogP contribution in [0.25, 0.3) is 0 Å². The molecule has 0 aromatic carbocycles. The average Bonchev–Trinajstić information content (AvgIpc) is 2.81. The van der Waals surface area contributed by atoms with Crippen LogP contribution in [0.5, 0.6) is 0 Å². The van der Waals surface area contributed by atoms with Crippen molar-refractivity contribution in [3.63, 3.8) is 0 Å². The predicted molar refractivity (Wildman–Crippen MR) is 70.6 cm³/mol. The second kappa shape index (κ2) is 5.45. The van der Waals surface area contributed by atoms with E-state index in [1.807, 2.05) is 7.05 Å². The molecule has 4 nitrogen and oxygen atoms in total. The van der Waals surface area contributed by atoms with E-state index < -0.39 is 0 Å². The molecule has 1 fully saturated rings. The molecule has 1 aliphatic rings. The largest absolute Gasteiger partial charge is 0.341 e. The molecular formula is C13H22N4. The van der Waals surface area contributed by atoms with Gasteiger partial charge in [0.15, 0.2) is 0 Å². The summed E-state index contributed by atoms with van der Waals surface area (Å²) in [5, 5.41) is 3.17. The Balaban J connectivity index is 2.21. The van der Waals surface area contributed by atoms with Gasteiger partial charge < -0.3 is 10.2 Å². The fraction of sp³-hybridized carbons (Fsp3) is 0.692. The molecule has 17 heavy (non-hydrogen) atoms. The molecule has 0 radical (unpaired) electrons. The maximum atomic E-state index is 4.66. The van der Waals surface area contributed by atoms with E-state index in [2.05, 4.69) is 34.0 Å². The van der Waals surface area contributed by atoms with Crippen molar-refractivity contribution < 1.29 is 0 Å². The van der Waals surface area contributed by atoms with Crippen LogP contribution in [-0.2, 0) is 6.42 Å². The number of anilines is 1. The third-order valence-corrected chi connectivity index (χ3v) is 3.42. The van der Waals surface area contributed by atoms with Gasteiger partial charge in [-0.2, -0.15) is 0 Å². The van der Waals surface area contributed by atoms with Crippen molar-refractivity contribution in [1.82, 2.24) is 15.3 Å². The Bertz CT molecular complexity index is 360. The molecule has 0 bridgehead atoms. The first kappa shape index (κ1) is 12.3. The molecule has 0 unspecified atom stereocenters. The lowest BCUT2D eigenvalue weighted by molar-refractivity contribution is 0.768. The molecule has 0 spiro atoms. The summed E-state index contributed by atoms with van der Waals surface area (Å²) in [4.78, 5) is 11.6. The van der Waals surface area contributed by atoms with Crippen molar-refractivity contribution in [2.75, 3.05) is 31.6 Å². The topological polar surface area (TPSA) is 41.1 Å². The van der Waals surface area contributed by atoms with Gasteiger partial charge in [-0.05, 0) is 52.3 Å². The number of aryl methyl sites for hydroxylation is 2. The number of hydrogen-bond donors (Lipinski definition) is 1. The lowest BCUT2D eigenvalue weighted by atomic mass is 10.1. The monoisotopic (exact) mass is 234 g/mol. The van der Waals surface area contributed by atoms with Gasteiger partial charge in [0.2, 0.25) is 5.95 Å². The first-order valence-corrected chi connectivity index (χ1v) is 6.46. The summed E-state index contributed by atoms with van der Waals surface area (Å²) in [6.45, 7) is 7.38. The van der Waals surface area contributed by atoms with Gasteiger partial charge in [0.1, 0.15) is 0 Å². The van der Waals surface area contributed by atoms with Gasteiger partial charge in [-0.15, -0.1) is 0 Å². The van der Waals surface area contributed by atoms with Crippen LogP contribution >= 0.6 is 0 Å². The normalized spacial score (nSPS) is 15.6. The zero-order valence-electron chi connectivity index (χ0n) is 11.1. The van der Waals surface area contributed by atoms with Crippen LogP contribution in [0.3, 0.4) is 0 Å². The number of rotatable bonds is 4. The molecule has 2 rings (SSSR count). The van der Waals surface area contributed by atoms with E-state index in [0.717, 1.165) is 43.4 Å². The molecular weight excluding hydrogens is 212 g/mol. The van der Waals surface area contributed by atoms with E-state index in [-0.39, 0.29) is 0 Å². The van der Waals surface area contributed by atoms with Crippen LogP contribution in [0.2, 0.25) is 0 Å². The standard InChI is InChI=1S/C13H22N4/c1-10-12(6-7-14-3)11(2)16-13(15-10)17-8-4-5-9-17/h14H,4-9H2,1-3H3. The van der Waals surface area contributed by atoms with E-state index in [9.17, 15) is 0 Å². The van der Waals surface area contributed by atoms with Crippen LogP contribution < -0.4 is 10.2 Å². The molecule has 1 aromatic rings. The average molecular weight is 234 g/mol. The molecule has 1 N–H and O–H groups in total. The molecule has 1 aromatic heterocycles. The van der Waals surface area contributed by atoms with Crippen molar-refractivity contribution in [3.8, 4) is 0 Å². The fourth-order valence-corrected chi connectivity index (χ4v) is 2.39. The summed E-state index contributed by atoms with van der Waals surface area (Å²) >= 11 is 0. The van der Waals surface area contributed by atoms with Gasteiger partial charge in [-0.25, -0.2) is 9.97 Å². The van der Waals surface area contributed by atoms with Crippen LogP contribution in [0.1, 0.15) is 29.8 Å². The summed E-state index contributed by atoms with van der Waals surface area (Å²) < 4.78 is 0. The highest BCUT2D eigenvalue weighted by molar-refractivity contribution is 5.37. The summed E-state index contributed by atoms with van der Waals surface area (Å²) in [7, 11) is 1.98. The van der Waals surface area contributed by atoms with E-state index in [4.69, 9.17) is 0 Å². The highest BCUT2D eigenvalue weighted by atomic mass is 15.3. The number of likely N-dealkylation sites (N-methyl/N-ethyl adjacent to an activating group) is 1. The van der Waals surface area contributed by atoms with E-state index in [0.29, 0.717) is 0 Å². The Morgan fingerprint density at radius 1 is 1.12 bits per heavy atom. The van der Waals surface area contributed by atoms with Crippen LogP contribution in [0.15, 0.2) is 0 Å². The van der Waals surface area contributed by atoms with Gasteiger partial charge in [-0.1, -0.05) is 0 Å². The summed E-state index contributed by atoms with van der Waals surface area (Å²) in [5.41, 5.74) is 3.56. The van der Waals surface area contributed by atoms with Gasteiger partial charge in [-0.3, -0.25) is 0 Å². The van der Waals surface area contributed by atoms with E-state index in [1.54, 1.807) is 0 Å². The Morgan fingerprint density at radius 3 is 2.24 bits per heavy atom. The molecule has 0 aliphatic carbocycles. The van der Waals surface area contributed by atoms with Gasteiger partial charge in [0.05, 0.1) is 0 Å². The van der Waals surface area contributed by atoms with Gasteiger partial charge in [0, 0.05) is 24.5 Å². The zero-order valence-corrected chi connectivity index (χ0v) is 11.1. The Kier molecular flexibility index (Phi) is 3.94. The number of nitrogens with one attached hydrogen (secondary N) is 1. The number of hydrogen-bond acceptors (Lipinski definition) is 4. The van der Waals surface area contributed by atoms with Crippen molar-refractivity contribution >= 4 is 5.95 Å². The van der Waals surface area contributed by atoms with Crippen molar-refractivity contribution in [2.45, 2.75) is 33.1 Å². The van der Waals surface area contributed by atoms with Crippen LogP contribution in [0, 0.1) is 13.8 Å². The smallest absolute Gasteiger partial charge is 0.225 e. The summed E-state index contributed by atoms with van der Waals surface area (Å²) in [5.74, 6) is 0.922. The summed E-state index contributed by atoms with van der Waals surface area (Å²) in [6, 6.07) is 0. The summed E-state index contributed by atoms with van der Waals surface area (Å²) in [6.07, 6.45) is 3.54. The highest BCUT2D eigenvalue weighted by Crippen LogP contribution is 2.19. The minimum atomic E-state index is 0.922. The molecule has 2 heterocycles. The molecule has 1 aliphatic heterocycles. The molecule has 0 amide bonds. The van der Waals surface area contributed by atoms with Crippen molar-refractivity contribution in [3.05, 3.63) is 17.0 Å². The second-order valence-electron chi connectivity index (χ2n) is 4.72. The molecule has 1 saturated heterocycles.